The second-order valence-corrected chi connectivity index (χ2v) is 6.98. The lowest BCUT2D eigenvalue weighted by Crippen LogP contribution is -2.38. The van der Waals surface area contributed by atoms with Crippen LogP contribution in [-0.2, 0) is 17.8 Å². The molecule has 1 aromatic carbocycles. The van der Waals surface area contributed by atoms with Gasteiger partial charge in [-0.25, -0.2) is 9.97 Å². The third-order valence-electron chi connectivity index (χ3n) is 5.12. The van der Waals surface area contributed by atoms with Crippen molar-refractivity contribution in [1.29, 1.82) is 0 Å². The highest BCUT2D eigenvalue weighted by molar-refractivity contribution is 5.76. The van der Waals surface area contributed by atoms with Gasteiger partial charge in [0.1, 0.15) is 5.82 Å². The zero-order valence-electron chi connectivity index (χ0n) is 15.4. The van der Waals surface area contributed by atoms with E-state index >= 15 is 0 Å². The van der Waals surface area contributed by atoms with Crippen molar-refractivity contribution < 1.29 is 9.90 Å². The van der Waals surface area contributed by atoms with Crippen LogP contribution in [0.25, 0.3) is 0 Å². The summed E-state index contributed by atoms with van der Waals surface area (Å²) in [6.07, 6.45) is 5.96. The van der Waals surface area contributed by atoms with Gasteiger partial charge in [-0.2, -0.15) is 0 Å². The van der Waals surface area contributed by atoms with E-state index in [4.69, 9.17) is 0 Å². The topological polar surface area (TPSA) is 66.3 Å². The van der Waals surface area contributed by atoms with Gasteiger partial charge < -0.3 is 10.0 Å². The summed E-state index contributed by atoms with van der Waals surface area (Å²) in [7, 11) is 0. The largest absolute Gasteiger partial charge is 0.392 e. The summed E-state index contributed by atoms with van der Waals surface area (Å²) in [6, 6.07) is 10.3. The zero-order valence-corrected chi connectivity index (χ0v) is 15.4. The van der Waals surface area contributed by atoms with Crippen LogP contribution in [-0.4, -0.2) is 39.0 Å². The third kappa shape index (κ3) is 4.67. The van der Waals surface area contributed by atoms with Crippen LogP contribution in [0.1, 0.15) is 54.2 Å². The summed E-state index contributed by atoms with van der Waals surface area (Å²) in [5.74, 6) is 1.28. The summed E-state index contributed by atoms with van der Waals surface area (Å²) in [6.45, 7) is 3.37. The smallest absolute Gasteiger partial charge is 0.222 e. The molecule has 1 aliphatic heterocycles. The number of rotatable bonds is 6. The van der Waals surface area contributed by atoms with Gasteiger partial charge >= 0.3 is 0 Å². The van der Waals surface area contributed by atoms with Gasteiger partial charge in [0.15, 0.2) is 0 Å². The van der Waals surface area contributed by atoms with Crippen molar-refractivity contribution in [2.75, 3.05) is 13.1 Å². The summed E-state index contributed by atoms with van der Waals surface area (Å²) >= 11 is 0. The molecule has 1 amide bonds. The fourth-order valence-electron chi connectivity index (χ4n) is 3.64. The number of hydrogen-bond acceptors (Lipinski definition) is 4. The molecular formula is C21H27N3O2. The number of carbonyl (C=O) groups excluding carboxylic acids is 1. The SMILES string of the molecule is Cc1ncc(CO)c(C2CCN(C(=O)CCCc3ccccc3)CC2)n1. The third-order valence-corrected chi connectivity index (χ3v) is 5.12. The highest BCUT2D eigenvalue weighted by atomic mass is 16.3. The van der Waals surface area contributed by atoms with Gasteiger partial charge in [0.25, 0.3) is 0 Å². The minimum absolute atomic E-state index is 0.0335. The Kier molecular flexibility index (Phi) is 6.34. The summed E-state index contributed by atoms with van der Waals surface area (Å²) in [5, 5.41) is 9.53. The molecule has 26 heavy (non-hydrogen) atoms. The van der Waals surface area contributed by atoms with Crippen molar-refractivity contribution in [3.63, 3.8) is 0 Å². The van der Waals surface area contributed by atoms with E-state index in [0.717, 1.165) is 55.9 Å². The normalized spacial score (nSPS) is 15.2. The first kappa shape index (κ1) is 18.5. The molecule has 0 unspecified atom stereocenters. The van der Waals surface area contributed by atoms with Crippen LogP contribution in [0, 0.1) is 6.92 Å². The average Bonchev–Trinajstić information content (AvgIpc) is 2.69. The molecule has 138 valence electrons. The van der Waals surface area contributed by atoms with Crippen molar-refractivity contribution in [1.82, 2.24) is 14.9 Å². The molecule has 1 saturated heterocycles. The number of aliphatic hydroxyl groups is 1. The Morgan fingerprint density at radius 2 is 1.96 bits per heavy atom. The fourth-order valence-corrected chi connectivity index (χ4v) is 3.64. The van der Waals surface area contributed by atoms with Crippen LogP contribution in [0.2, 0.25) is 0 Å². The molecule has 1 aromatic heterocycles. The lowest BCUT2D eigenvalue weighted by Gasteiger charge is -2.32. The van der Waals surface area contributed by atoms with Crippen molar-refractivity contribution in [3.05, 3.63) is 59.2 Å². The molecule has 0 radical (unpaired) electrons. The number of likely N-dealkylation sites (tertiary alicyclic amines) is 1. The van der Waals surface area contributed by atoms with E-state index < -0.39 is 0 Å². The van der Waals surface area contributed by atoms with E-state index in [-0.39, 0.29) is 12.5 Å². The average molecular weight is 353 g/mol. The number of piperidine rings is 1. The molecular weight excluding hydrogens is 326 g/mol. The highest BCUT2D eigenvalue weighted by Gasteiger charge is 2.26. The molecule has 5 heteroatoms. The van der Waals surface area contributed by atoms with Crippen LogP contribution in [0.4, 0.5) is 0 Å². The lowest BCUT2D eigenvalue weighted by molar-refractivity contribution is -0.132. The molecule has 1 fully saturated rings. The maximum absolute atomic E-state index is 12.5. The van der Waals surface area contributed by atoms with Gasteiger partial charge in [-0.05, 0) is 38.2 Å². The molecule has 5 nitrogen and oxygen atoms in total. The van der Waals surface area contributed by atoms with E-state index in [1.54, 1.807) is 6.20 Å². The van der Waals surface area contributed by atoms with E-state index in [2.05, 4.69) is 22.1 Å². The first-order valence-corrected chi connectivity index (χ1v) is 9.42. The molecule has 0 spiro atoms. The van der Waals surface area contributed by atoms with Gasteiger partial charge in [-0.3, -0.25) is 4.79 Å². The molecule has 1 N–H and O–H groups in total. The summed E-state index contributed by atoms with van der Waals surface area (Å²) in [5.41, 5.74) is 3.05. The van der Waals surface area contributed by atoms with E-state index in [1.165, 1.54) is 5.56 Å². The van der Waals surface area contributed by atoms with Crippen LogP contribution in [0.3, 0.4) is 0 Å². The molecule has 0 aliphatic carbocycles. The van der Waals surface area contributed by atoms with Crippen molar-refractivity contribution >= 4 is 5.91 Å². The number of aryl methyl sites for hydroxylation is 2. The Hall–Kier alpha value is -2.27. The van der Waals surface area contributed by atoms with Crippen molar-refractivity contribution in [2.45, 2.75) is 51.6 Å². The maximum atomic E-state index is 12.5. The van der Waals surface area contributed by atoms with Crippen LogP contribution in [0.15, 0.2) is 36.5 Å². The number of aromatic nitrogens is 2. The predicted molar refractivity (Wildman–Crippen MR) is 101 cm³/mol. The second-order valence-electron chi connectivity index (χ2n) is 6.98. The standard InChI is InChI=1S/C21H27N3O2/c1-16-22-14-19(15-25)21(23-16)18-10-12-24(13-11-18)20(26)9-5-8-17-6-3-2-4-7-17/h2-4,6-7,14,18,25H,5,8-13,15H2,1H3. The molecule has 0 bridgehead atoms. The van der Waals surface area contributed by atoms with Gasteiger partial charge in [-0.15, -0.1) is 0 Å². The van der Waals surface area contributed by atoms with Gasteiger partial charge in [0, 0.05) is 37.2 Å². The molecule has 2 aromatic rings. The zero-order chi connectivity index (χ0) is 18.4. The molecule has 2 heterocycles. The number of hydrogen-bond donors (Lipinski definition) is 1. The Bertz CT molecular complexity index is 725. The monoisotopic (exact) mass is 353 g/mol. The van der Waals surface area contributed by atoms with E-state index in [0.29, 0.717) is 12.3 Å². The molecule has 1 aliphatic rings. The minimum Gasteiger partial charge on any atom is -0.392 e. The Balaban J connectivity index is 1.49. The molecule has 3 rings (SSSR count). The highest BCUT2D eigenvalue weighted by Crippen LogP contribution is 2.29. The van der Waals surface area contributed by atoms with E-state index in [9.17, 15) is 9.90 Å². The molecule has 0 atom stereocenters. The van der Waals surface area contributed by atoms with Crippen LogP contribution in [0.5, 0.6) is 0 Å². The fraction of sp³-hybridized carbons (Fsp3) is 0.476. The number of carbonyl (C=O) groups is 1. The Labute approximate surface area is 155 Å². The summed E-state index contributed by atoms with van der Waals surface area (Å²) < 4.78 is 0. The number of amides is 1. The molecule has 0 saturated carbocycles. The quantitative estimate of drug-likeness (QED) is 0.867. The first-order chi connectivity index (χ1) is 12.7. The number of nitrogens with zero attached hydrogens (tertiary/aromatic N) is 3. The summed E-state index contributed by atoms with van der Waals surface area (Å²) in [4.78, 5) is 23.2. The Morgan fingerprint density at radius 3 is 2.65 bits per heavy atom. The van der Waals surface area contributed by atoms with Gasteiger partial charge in [0.2, 0.25) is 5.91 Å². The Morgan fingerprint density at radius 1 is 1.23 bits per heavy atom. The maximum Gasteiger partial charge on any atom is 0.222 e. The van der Waals surface area contributed by atoms with Crippen LogP contribution >= 0.6 is 0 Å². The predicted octanol–water partition coefficient (Wildman–Crippen LogP) is 3.01. The first-order valence-electron chi connectivity index (χ1n) is 9.42. The minimum atomic E-state index is -0.0335. The van der Waals surface area contributed by atoms with Crippen molar-refractivity contribution in [3.8, 4) is 0 Å². The van der Waals surface area contributed by atoms with Gasteiger partial charge in [-0.1, -0.05) is 30.3 Å². The number of benzene rings is 1. The lowest BCUT2D eigenvalue weighted by atomic mass is 9.90. The van der Waals surface area contributed by atoms with Crippen molar-refractivity contribution in [2.24, 2.45) is 0 Å². The second kappa shape index (κ2) is 8.90. The van der Waals surface area contributed by atoms with Gasteiger partial charge in [0.05, 0.1) is 12.3 Å². The van der Waals surface area contributed by atoms with E-state index in [1.807, 2.05) is 30.0 Å². The number of aliphatic hydroxyl groups excluding tert-OH is 1. The van der Waals surface area contributed by atoms with Crippen LogP contribution < -0.4 is 0 Å².